The van der Waals surface area contributed by atoms with Crippen LogP contribution in [0.15, 0.2) is 22.7 Å². The van der Waals surface area contributed by atoms with Crippen LogP contribution in [-0.2, 0) is 10.9 Å². The van der Waals surface area contributed by atoms with Crippen LogP contribution < -0.4 is 10.6 Å². The molecule has 2 rings (SSSR count). The summed E-state index contributed by atoms with van der Waals surface area (Å²) < 4.78 is 44.2. The van der Waals surface area contributed by atoms with Crippen LogP contribution in [0.3, 0.4) is 0 Å². The molecule has 0 aliphatic carbocycles. The van der Waals surface area contributed by atoms with E-state index in [-0.39, 0.29) is 16.0 Å². The summed E-state index contributed by atoms with van der Waals surface area (Å²) in [5, 5.41) is 5.48. The fourth-order valence-electron chi connectivity index (χ4n) is 3.27. The molecule has 0 saturated carbocycles. The number of alkyl halides is 3. The van der Waals surface area contributed by atoms with Gasteiger partial charge in [0.2, 0.25) is 0 Å². The molecule has 0 atom stereocenters. The summed E-state index contributed by atoms with van der Waals surface area (Å²) in [7, 11) is 0. The zero-order valence-corrected chi connectivity index (χ0v) is 19.5. The molecular formula is C21H29BrF3N3O3. The van der Waals surface area contributed by atoms with Gasteiger partial charge in [-0.15, -0.1) is 0 Å². The van der Waals surface area contributed by atoms with Crippen molar-refractivity contribution in [1.29, 1.82) is 0 Å². The number of likely N-dealkylation sites (tertiary alicyclic amines) is 1. The van der Waals surface area contributed by atoms with Crippen molar-refractivity contribution in [2.45, 2.75) is 45.4 Å². The van der Waals surface area contributed by atoms with E-state index in [0.29, 0.717) is 19.6 Å². The molecule has 0 bridgehead atoms. The van der Waals surface area contributed by atoms with E-state index in [1.54, 1.807) is 0 Å². The fourth-order valence-corrected chi connectivity index (χ4v) is 3.76. The Morgan fingerprint density at radius 1 is 1.13 bits per heavy atom. The Balaban J connectivity index is 1.72. The molecular weight excluding hydrogens is 479 g/mol. The monoisotopic (exact) mass is 507 g/mol. The standard InChI is InChI=1S/C21H29BrF3N3O3/c1-20(2,3)31-19(30)26-6-9-28-7-4-14(5-8-28)13-27-18(29)15-10-16(21(23,24)25)12-17(22)11-15/h10-12,14H,4-9,13H2,1-3H3,(H,26,30)(H,27,29). The smallest absolute Gasteiger partial charge is 0.416 e. The molecule has 31 heavy (non-hydrogen) atoms. The quantitative estimate of drug-likeness (QED) is 0.597. The van der Waals surface area contributed by atoms with Crippen LogP contribution in [0.4, 0.5) is 18.0 Å². The number of alkyl carbamates (subject to hydrolysis) is 1. The predicted molar refractivity (Wildman–Crippen MR) is 115 cm³/mol. The number of benzene rings is 1. The first-order valence-electron chi connectivity index (χ1n) is 10.2. The molecule has 0 aromatic heterocycles. The summed E-state index contributed by atoms with van der Waals surface area (Å²) >= 11 is 3.03. The summed E-state index contributed by atoms with van der Waals surface area (Å²) in [6.07, 6.45) is -3.23. The van der Waals surface area contributed by atoms with E-state index >= 15 is 0 Å². The van der Waals surface area contributed by atoms with Crippen molar-refractivity contribution in [2.75, 3.05) is 32.7 Å². The summed E-state index contributed by atoms with van der Waals surface area (Å²) in [6, 6.07) is 3.19. The Labute approximate surface area is 189 Å². The molecule has 0 spiro atoms. The first-order chi connectivity index (χ1) is 14.3. The molecule has 1 aromatic carbocycles. The van der Waals surface area contributed by atoms with Gasteiger partial charge in [-0.25, -0.2) is 4.79 Å². The number of ether oxygens (including phenoxy) is 1. The minimum Gasteiger partial charge on any atom is -0.444 e. The maximum Gasteiger partial charge on any atom is 0.416 e. The van der Waals surface area contributed by atoms with Crippen molar-refractivity contribution in [3.8, 4) is 0 Å². The van der Waals surface area contributed by atoms with Crippen LogP contribution in [0.25, 0.3) is 0 Å². The molecule has 2 N–H and O–H groups in total. The molecule has 174 valence electrons. The third-order valence-electron chi connectivity index (χ3n) is 4.84. The number of halogens is 4. The van der Waals surface area contributed by atoms with E-state index in [2.05, 4.69) is 31.5 Å². The zero-order chi connectivity index (χ0) is 23.2. The molecule has 2 amide bonds. The molecule has 10 heteroatoms. The Hall–Kier alpha value is -1.81. The second-order valence-electron chi connectivity index (χ2n) is 8.65. The van der Waals surface area contributed by atoms with Crippen LogP contribution in [0.5, 0.6) is 0 Å². The highest BCUT2D eigenvalue weighted by atomic mass is 79.9. The molecule has 0 unspecified atom stereocenters. The maximum absolute atomic E-state index is 12.9. The first-order valence-corrected chi connectivity index (χ1v) is 11.0. The average Bonchev–Trinajstić information content (AvgIpc) is 2.64. The van der Waals surface area contributed by atoms with Crippen LogP contribution >= 0.6 is 15.9 Å². The van der Waals surface area contributed by atoms with Crippen molar-refractivity contribution in [1.82, 2.24) is 15.5 Å². The van der Waals surface area contributed by atoms with Gasteiger partial charge in [-0.1, -0.05) is 15.9 Å². The number of carbonyl (C=O) groups is 2. The molecule has 6 nitrogen and oxygen atoms in total. The van der Waals surface area contributed by atoms with Gasteiger partial charge in [0.25, 0.3) is 5.91 Å². The zero-order valence-electron chi connectivity index (χ0n) is 17.9. The third kappa shape index (κ3) is 9.06. The first kappa shape index (κ1) is 25.5. The van der Waals surface area contributed by atoms with Crippen molar-refractivity contribution < 1.29 is 27.5 Å². The van der Waals surface area contributed by atoms with Gasteiger partial charge in [-0.3, -0.25) is 4.79 Å². The number of nitrogens with zero attached hydrogens (tertiary/aromatic N) is 1. The van der Waals surface area contributed by atoms with Gasteiger partial charge in [0.15, 0.2) is 0 Å². The normalized spacial score (nSPS) is 16.1. The number of carbonyl (C=O) groups excluding carboxylic acids is 2. The van der Waals surface area contributed by atoms with Gasteiger partial charge in [0, 0.05) is 29.7 Å². The molecule has 0 radical (unpaired) electrons. The van der Waals surface area contributed by atoms with Gasteiger partial charge in [-0.05, 0) is 70.8 Å². The topological polar surface area (TPSA) is 70.7 Å². The lowest BCUT2D eigenvalue weighted by atomic mass is 9.96. The molecule has 1 saturated heterocycles. The summed E-state index contributed by atoms with van der Waals surface area (Å²) in [4.78, 5) is 26.2. The van der Waals surface area contributed by atoms with Crippen molar-refractivity contribution >= 4 is 27.9 Å². The highest BCUT2D eigenvalue weighted by molar-refractivity contribution is 9.10. The highest BCUT2D eigenvalue weighted by Crippen LogP contribution is 2.32. The van der Waals surface area contributed by atoms with Gasteiger partial charge in [-0.2, -0.15) is 13.2 Å². The third-order valence-corrected chi connectivity index (χ3v) is 5.30. The SMILES string of the molecule is CC(C)(C)OC(=O)NCCN1CCC(CNC(=O)c2cc(Br)cc(C(F)(F)F)c2)CC1. The van der Waals surface area contributed by atoms with Crippen LogP contribution in [0.2, 0.25) is 0 Å². The maximum atomic E-state index is 12.9. The van der Waals surface area contributed by atoms with E-state index in [1.165, 1.54) is 6.07 Å². The summed E-state index contributed by atoms with van der Waals surface area (Å²) in [5.74, 6) is -0.260. The average molecular weight is 508 g/mol. The van der Waals surface area contributed by atoms with E-state index in [1.807, 2.05) is 20.8 Å². The lowest BCUT2D eigenvalue weighted by Crippen LogP contribution is -2.42. The van der Waals surface area contributed by atoms with Crippen molar-refractivity contribution in [2.24, 2.45) is 5.92 Å². The van der Waals surface area contributed by atoms with Crippen LogP contribution in [-0.4, -0.2) is 55.2 Å². The number of rotatable bonds is 6. The largest absolute Gasteiger partial charge is 0.444 e. The minimum atomic E-state index is -4.51. The molecule has 1 fully saturated rings. The van der Waals surface area contributed by atoms with Gasteiger partial charge in [0.05, 0.1) is 5.56 Å². The number of piperidine rings is 1. The summed E-state index contributed by atoms with van der Waals surface area (Å²) in [6.45, 7) is 8.68. The van der Waals surface area contributed by atoms with E-state index in [0.717, 1.165) is 38.1 Å². The lowest BCUT2D eigenvalue weighted by molar-refractivity contribution is -0.137. The number of amides is 2. The summed E-state index contributed by atoms with van der Waals surface area (Å²) in [5.41, 5.74) is -1.41. The Morgan fingerprint density at radius 3 is 2.35 bits per heavy atom. The number of hydrogen-bond acceptors (Lipinski definition) is 4. The van der Waals surface area contributed by atoms with Gasteiger partial charge < -0.3 is 20.3 Å². The van der Waals surface area contributed by atoms with Gasteiger partial charge >= 0.3 is 12.3 Å². The molecule has 1 aliphatic rings. The Bertz CT molecular complexity index is 773. The second-order valence-corrected chi connectivity index (χ2v) is 9.57. The highest BCUT2D eigenvalue weighted by Gasteiger charge is 2.31. The fraction of sp³-hybridized carbons (Fsp3) is 0.619. The number of hydrogen-bond donors (Lipinski definition) is 2. The van der Waals surface area contributed by atoms with Crippen LogP contribution in [0.1, 0.15) is 49.5 Å². The minimum absolute atomic E-state index is 0.0210. The number of nitrogens with one attached hydrogen (secondary N) is 2. The second kappa shape index (κ2) is 10.7. The van der Waals surface area contributed by atoms with E-state index < -0.39 is 29.3 Å². The molecule has 1 aromatic rings. The molecule has 1 aliphatic heterocycles. The molecule has 1 heterocycles. The Kier molecular flexibility index (Phi) is 8.76. The Morgan fingerprint density at radius 2 is 1.77 bits per heavy atom. The van der Waals surface area contributed by atoms with Crippen LogP contribution in [0, 0.1) is 5.92 Å². The van der Waals surface area contributed by atoms with E-state index in [9.17, 15) is 22.8 Å². The van der Waals surface area contributed by atoms with Crippen molar-refractivity contribution in [3.63, 3.8) is 0 Å². The van der Waals surface area contributed by atoms with E-state index in [4.69, 9.17) is 4.74 Å². The van der Waals surface area contributed by atoms with Gasteiger partial charge in [0.1, 0.15) is 5.60 Å². The van der Waals surface area contributed by atoms with Crippen molar-refractivity contribution in [3.05, 3.63) is 33.8 Å². The predicted octanol–water partition coefficient (Wildman–Crippen LogP) is 4.43. The lowest BCUT2D eigenvalue weighted by Gasteiger charge is -2.32.